The van der Waals surface area contributed by atoms with Crippen LogP contribution in [0.1, 0.15) is 33.6 Å². The Morgan fingerprint density at radius 3 is 2.76 bits per heavy atom. The molecular weight excluding hydrogens is 341 g/mol. The standard InChI is InChI=1S/C15H21BrFNO3/c1-4-5-8-20-14(19)18-15(2,3)10-21-13-7-6-11(16)9-12(13)17/h6-7,9H,4-5,8,10H2,1-3H3,(H,18,19). The highest BCUT2D eigenvalue weighted by atomic mass is 79.9. The van der Waals surface area contributed by atoms with Gasteiger partial charge in [0.1, 0.15) is 6.61 Å². The number of halogens is 2. The van der Waals surface area contributed by atoms with Crippen molar-refractivity contribution in [3.8, 4) is 5.75 Å². The van der Waals surface area contributed by atoms with Gasteiger partial charge in [0.15, 0.2) is 11.6 Å². The molecule has 0 bridgehead atoms. The van der Waals surface area contributed by atoms with Crippen molar-refractivity contribution in [2.24, 2.45) is 0 Å². The van der Waals surface area contributed by atoms with E-state index in [-0.39, 0.29) is 12.4 Å². The monoisotopic (exact) mass is 361 g/mol. The van der Waals surface area contributed by atoms with Gasteiger partial charge in [0.05, 0.1) is 12.1 Å². The number of hydrogen-bond donors (Lipinski definition) is 1. The molecule has 1 rings (SSSR count). The van der Waals surface area contributed by atoms with Crippen LogP contribution in [0, 0.1) is 5.82 Å². The van der Waals surface area contributed by atoms with Crippen molar-refractivity contribution in [2.45, 2.75) is 39.2 Å². The summed E-state index contributed by atoms with van der Waals surface area (Å²) in [5, 5.41) is 2.70. The van der Waals surface area contributed by atoms with E-state index in [9.17, 15) is 9.18 Å². The second-order valence-electron chi connectivity index (χ2n) is 5.36. The summed E-state index contributed by atoms with van der Waals surface area (Å²) in [5.74, 6) is -0.307. The van der Waals surface area contributed by atoms with Gasteiger partial charge < -0.3 is 14.8 Å². The lowest BCUT2D eigenvalue weighted by atomic mass is 10.1. The fourth-order valence-corrected chi connectivity index (χ4v) is 1.84. The largest absolute Gasteiger partial charge is 0.488 e. The second-order valence-corrected chi connectivity index (χ2v) is 6.28. The Morgan fingerprint density at radius 2 is 2.14 bits per heavy atom. The highest BCUT2D eigenvalue weighted by molar-refractivity contribution is 9.10. The van der Waals surface area contributed by atoms with E-state index in [0.29, 0.717) is 11.1 Å². The average molecular weight is 362 g/mol. The fraction of sp³-hybridized carbons (Fsp3) is 0.533. The van der Waals surface area contributed by atoms with E-state index in [1.54, 1.807) is 19.9 Å². The summed E-state index contributed by atoms with van der Waals surface area (Å²) in [6.45, 7) is 6.11. The molecule has 1 aromatic carbocycles. The number of ether oxygens (including phenoxy) is 2. The number of rotatable bonds is 7. The molecule has 118 valence electrons. The zero-order valence-electron chi connectivity index (χ0n) is 12.5. The van der Waals surface area contributed by atoms with Gasteiger partial charge in [-0.15, -0.1) is 0 Å². The maximum absolute atomic E-state index is 13.6. The molecule has 0 atom stereocenters. The summed E-state index contributed by atoms with van der Waals surface area (Å²) in [5.41, 5.74) is -0.664. The predicted molar refractivity (Wildman–Crippen MR) is 83.1 cm³/mol. The van der Waals surface area contributed by atoms with Gasteiger partial charge in [-0.1, -0.05) is 29.3 Å². The van der Waals surface area contributed by atoms with Crippen molar-refractivity contribution in [1.29, 1.82) is 0 Å². The summed E-state index contributed by atoms with van der Waals surface area (Å²) in [4.78, 5) is 11.6. The number of unbranched alkanes of at least 4 members (excludes halogenated alkanes) is 1. The Balaban J connectivity index is 2.46. The van der Waals surface area contributed by atoms with Gasteiger partial charge in [-0.2, -0.15) is 0 Å². The molecular formula is C15H21BrFNO3. The number of amides is 1. The van der Waals surface area contributed by atoms with Gasteiger partial charge >= 0.3 is 6.09 Å². The van der Waals surface area contributed by atoms with Crippen molar-refractivity contribution in [3.05, 3.63) is 28.5 Å². The van der Waals surface area contributed by atoms with Crippen LogP contribution in [0.3, 0.4) is 0 Å². The quantitative estimate of drug-likeness (QED) is 0.737. The zero-order valence-corrected chi connectivity index (χ0v) is 14.1. The average Bonchev–Trinajstić information content (AvgIpc) is 2.37. The molecule has 0 aromatic heterocycles. The van der Waals surface area contributed by atoms with E-state index < -0.39 is 17.4 Å². The van der Waals surface area contributed by atoms with Gasteiger partial charge in [0, 0.05) is 4.47 Å². The zero-order chi connectivity index (χ0) is 15.9. The van der Waals surface area contributed by atoms with Crippen LogP contribution in [0.15, 0.2) is 22.7 Å². The van der Waals surface area contributed by atoms with E-state index in [2.05, 4.69) is 21.2 Å². The molecule has 1 aromatic rings. The van der Waals surface area contributed by atoms with Gasteiger partial charge in [-0.3, -0.25) is 0 Å². The summed E-state index contributed by atoms with van der Waals surface area (Å²) >= 11 is 3.18. The number of benzene rings is 1. The van der Waals surface area contributed by atoms with E-state index in [1.807, 2.05) is 6.92 Å². The highest BCUT2D eigenvalue weighted by Crippen LogP contribution is 2.22. The van der Waals surface area contributed by atoms with Crippen LogP contribution in [0.4, 0.5) is 9.18 Å². The Labute approximate surface area is 133 Å². The topological polar surface area (TPSA) is 47.6 Å². The van der Waals surface area contributed by atoms with Crippen LogP contribution in [0.25, 0.3) is 0 Å². The number of carbonyl (C=O) groups is 1. The Morgan fingerprint density at radius 1 is 1.43 bits per heavy atom. The van der Waals surface area contributed by atoms with E-state index in [0.717, 1.165) is 12.8 Å². The van der Waals surface area contributed by atoms with Gasteiger partial charge in [0.2, 0.25) is 0 Å². The third-order valence-corrected chi connectivity index (χ3v) is 3.15. The van der Waals surface area contributed by atoms with Crippen molar-refractivity contribution < 1.29 is 18.7 Å². The lowest BCUT2D eigenvalue weighted by molar-refractivity contribution is 0.123. The molecule has 0 saturated carbocycles. The SMILES string of the molecule is CCCCOC(=O)NC(C)(C)COc1ccc(Br)cc1F. The lowest BCUT2D eigenvalue weighted by Crippen LogP contribution is -2.48. The molecule has 0 saturated heterocycles. The molecule has 0 aliphatic rings. The second kappa shape index (κ2) is 8.22. The van der Waals surface area contributed by atoms with Crippen LogP contribution < -0.4 is 10.1 Å². The maximum Gasteiger partial charge on any atom is 0.407 e. The number of carbonyl (C=O) groups excluding carboxylic acids is 1. The molecule has 21 heavy (non-hydrogen) atoms. The first-order valence-corrected chi connectivity index (χ1v) is 7.66. The Bertz CT molecular complexity index is 480. The summed E-state index contributed by atoms with van der Waals surface area (Å²) < 4.78 is 24.7. The number of alkyl carbamates (subject to hydrolysis) is 1. The van der Waals surface area contributed by atoms with Gasteiger partial charge in [-0.05, 0) is 38.5 Å². The van der Waals surface area contributed by atoms with Crippen molar-refractivity contribution in [3.63, 3.8) is 0 Å². The Kier molecular flexibility index (Phi) is 6.95. The van der Waals surface area contributed by atoms with Crippen LogP contribution >= 0.6 is 15.9 Å². The molecule has 0 spiro atoms. The van der Waals surface area contributed by atoms with Crippen LogP contribution in [0.5, 0.6) is 5.75 Å². The first-order valence-electron chi connectivity index (χ1n) is 6.87. The van der Waals surface area contributed by atoms with Crippen LogP contribution in [-0.2, 0) is 4.74 Å². The van der Waals surface area contributed by atoms with Crippen LogP contribution in [0.2, 0.25) is 0 Å². The molecule has 0 unspecified atom stereocenters. The smallest absolute Gasteiger partial charge is 0.407 e. The minimum atomic E-state index is -0.664. The van der Waals surface area contributed by atoms with Crippen molar-refractivity contribution >= 4 is 22.0 Å². The predicted octanol–water partition coefficient (Wildman–Crippen LogP) is 4.27. The Hall–Kier alpha value is -1.30. The molecule has 1 amide bonds. The fourth-order valence-electron chi connectivity index (χ4n) is 1.51. The molecule has 6 heteroatoms. The lowest BCUT2D eigenvalue weighted by Gasteiger charge is -2.26. The molecule has 0 aliphatic heterocycles. The van der Waals surface area contributed by atoms with Crippen molar-refractivity contribution in [1.82, 2.24) is 5.32 Å². The summed E-state index contributed by atoms with van der Waals surface area (Å²) in [7, 11) is 0. The first kappa shape index (κ1) is 17.8. The van der Waals surface area contributed by atoms with Crippen LogP contribution in [-0.4, -0.2) is 24.8 Å². The maximum atomic E-state index is 13.6. The number of hydrogen-bond acceptors (Lipinski definition) is 3. The van der Waals surface area contributed by atoms with E-state index >= 15 is 0 Å². The third-order valence-electron chi connectivity index (χ3n) is 2.65. The highest BCUT2D eigenvalue weighted by Gasteiger charge is 2.23. The molecule has 1 N–H and O–H groups in total. The third kappa shape index (κ3) is 6.80. The molecule has 0 radical (unpaired) electrons. The summed E-state index contributed by atoms with van der Waals surface area (Å²) in [6, 6.07) is 4.56. The van der Waals surface area contributed by atoms with Crippen molar-refractivity contribution in [2.75, 3.05) is 13.2 Å². The number of nitrogens with one attached hydrogen (secondary N) is 1. The molecule has 0 fully saturated rings. The molecule has 4 nitrogen and oxygen atoms in total. The van der Waals surface area contributed by atoms with Gasteiger partial charge in [-0.25, -0.2) is 9.18 Å². The van der Waals surface area contributed by atoms with Gasteiger partial charge in [0.25, 0.3) is 0 Å². The summed E-state index contributed by atoms with van der Waals surface area (Å²) in [6.07, 6.45) is 1.30. The normalized spacial score (nSPS) is 11.1. The van der Waals surface area contributed by atoms with E-state index in [1.165, 1.54) is 12.1 Å². The first-order chi connectivity index (χ1) is 9.84. The van der Waals surface area contributed by atoms with E-state index in [4.69, 9.17) is 9.47 Å². The minimum absolute atomic E-state index is 0.133. The molecule has 0 aliphatic carbocycles. The molecule has 0 heterocycles. The minimum Gasteiger partial charge on any atom is -0.488 e.